The van der Waals surface area contributed by atoms with Crippen LogP contribution in [0.5, 0.6) is 5.75 Å². The van der Waals surface area contributed by atoms with Crippen LogP contribution < -0.4 is 10.1 Å². The van der Waals surface area contributed by atoms with Gasteiger partial charge in [-0.25, -0.2) is 4.79 Å². The van der Waals surface area contributed by atoms with Gasteiger partial charge in [0.15, 0.2) is 6.10 Å². The summed E-state index contributed by atoms with van der Waals surface area (Å²) >= 11 is 0. The molecule has 0 fully saturated rings. The molecule has 1 aromatic rings. The van der Waals surface area contributed by atoms with Gasteiger partial charge in [-0.3, -0.25) is 4.79 Å². The summed E-state index contributed by atoms with van der Waals surface area (Å²) in [5.41, 5.74) is 0.698. The molecule has 0 radical (unpaired) electrons. The molecule has 1 aromatic carbocycles. The number of hydrogen-bond donors (Lipinski definition) is 1. The fourth-order valence-electron chi connectivity index (χ4n) is 3.16. The molecule has 0 bridgehead atoms. The fraction of sp³-hybridized carbons (Fsp3) is 0.652. The van der Waals surface area contributed by atoms with Crippen molar-refractivity contribution in [2.45, 2.75) is 90.6 Å². The molecule has 1 atom stereocenters. The van der Waals surface area contributed by atoms with Gasteiger partial charge in [0.2, 0.25) is 5.91 Å². The van der Waals surface area contributed by atoms with Crippen LogP contribution in [0.25, 0.3) is 0 Å². The average molecular weight is 392 g/mol. The van der Waals surface area contributed by atoms with Crippen LogP contribution >= 0.6 is 0 Å². The monoisotopic (exact) mass is 391 g/mol. The number of ether oxygens (including phenoxy) is 2. The number of amides is 1. The minimum Gasteiger partial charge on any atom is -0.479 e. The van der Waals surface area contributed by atoms with Gasteiger partial charge in [-0.15, -0.1) is 0 Å². The van der Waals surface area contributed by atoms with Crippen LogP contribution in [0.3, 0.4) is 0 Å². The maximum Gasteiger partial charge on any atom is 0.347 e. The molecule has 28 heavy (non-hydrogen) atoms. The Kier molecular flexibility index (Phi) is 12.8. The third-order valence-electron chi connectivity index (χ3n) is 4.74. The van der Waals surface area contributed by atoms with E-state index in [2.05, 4.69) is 12.2 Å². The molecule has 0 heterocycles. The minimum absolute atomic E-state index is 0.123. The van der Waals surface area contributed by atoms with Crippen molar-refractivity contribution in [2.24, 2.45) is 0 Å². The van der Waals surface area contributed by atoms with Crippen molar-refractivity contribution >= 4 is 17.6 Å². The zero-order valence-corrected chi connectivity index (χ0v) is 17.8. The molecule has 0 aromatic heterocycles. The molecule has 0 aliphatic heterocycles. The van der Waals surface area contributed by atoms with Gasteiger partial charge < -0.3 is 14.8 Å². The first kappa shape index (κ1) is 24.0. The number of esters is 1. The molecule has 5 nitrogen and oxygen atoms in total. The van der Waals surface area contributed by atoms with E-state index in [1.165, 1.54) is 65.4 Å². The van der Waals surface area contributed by atoms with Gasteiger partial charge in [-0.1, -0.05) is 64.7 Å². The first-order valence-electron chi connectivity index (χ1n) is 10.7. The van der Waals surface area contributed by atoms with E-state index in [0.29, 0.717) is 17.9 Å². The number of unbranched alkanes of at least 4 members (excludes halogenated alkanes) is 9. The predicted molar refractivity (Wildman–Crippen MR) is 114 cm³/mol. The molecule has 5 heteroatoms. The van der Waals surface area contributed by atoms with Crippen LogP contribution in [0.15, 0.2) is 24.3 Å². The quantitative estimate of drug-likeness (QED) is 0.300. The molecule has 1 unspecified atom stereocenters. The van der Waals surface area contributed by atoms with Crippen molar-refractivity contribution in [3.8, 4) is 5.75 Å². The normalized spacial score (nSPS) is 11.7. The van der Waals surface area contributed by atoms with E-state index in [0.717, 1.165) is 12.8 Å². The molecular formula is C23H37NO4. The lowest BCUT2D eigenvalue weighted by Gasteiger charge is -2.17. The van der Waals surface area contributed by atoms with Gasteiger partial charge in [0, 0.05) is 12.6 Å². The Morgan fingerprint density at radius 3 is 1.93 bits per heavy atom. The highest BCUT2D eigenvalue weighted by molar-refractivity contribution is 5.88. The Bertz CT molecular complexity index is 556. The van der Waals surface area contributed by atoms with Crippen molar-refractivity contribution < 1.29 is 19.1 Å². The number of carbonyl (C=O) groups excluding carboxylic acids is 2. The van der Waals surface area contributed by atoms with Gasteiger partial charge in [0.05, 0.1) is 7.11 Å². The molecule has 0 spiro atoms. The average Bonchev–Trinajstić information content (AvgIpc) is 2.68. The van der Waals surface area contributed by atoms with Crippen molar-refractivity contribution in [3.05, 3.63) is 24.3 Å². The first-order valence-corrected chi connectivity index (χ1v) is 10.7. The zero-order valence-electron chi connectivity index (χ0n) is 17.8. The summed E-state index contributed by atoms with van der Waals surface area (Å²) in [6, 6.07) is 7.01. The van der Waals surface area contributed by atoms with Crippen LogP contribution in [-0.4, -0.2) is 25.1 Å². The lowest BCUT2D eigenvalue weighted by atomic mass is 10.0. The van der Waals surface area contributed by atoms with Crippen molar-refractivity contribution in [3.63, 3.8) is 0 Å². The number of carbonyl (C=O) groups is 2. The lowest BCUT2D eigenvalue weighted by Crippen LogP contribution is -2.28. The summed E-state index contributed by atoms with van der Waals surface area (Å²) in [4.78, 5) is 23.1. The van der Waals surface area contributed by atoms with Crippen LogP contribution in [0.1, 0.15) is 84.5 Å². The second-order valence-electron chi connectivity index (χ2n) is 7.31. The molecule has 1 amide bonds. The number of hydrogen-bond acceptors (Lipinski definition) is 4. The number of anilines is 1. The Balaban J connectivity index is 2.29. The highest BCUT2D eigenvalue weighted by atomic mass is 16.6. The lowest BCUT2D eigenvalue weighted by molar-refractivity contribution is -0.149. The number of benzene rings is 1. The van der Waals surface area contributed by atoms with Crippen molar-refractivity contribution in [1.29, 1.82) is 0 Å². The highest BCUT2D eigenvalue weighted by Crippen LogP contribution is 2.20. The molecule has 0 aliphatic carbocycles. The summed E-state index contributed by atoms with van der Waals surface area (Å²) in [6.45, 7) is 3.70. The molecule has 0 aliphatic rings. The molecule has 1 rings (SSSR count). The second kappa shape index (κ2) is 14.9. The van der Waals surface area contributed by atoms with Crippen molar-refractivity contribution in [1.82, 2.24) is 0 Å². The molecule has 1 N–H and O–H groups in total. The highest BCUT2D eigenvalue weighted by Gasteiger charge is 2.20. The Hall–Kier alpha value is -2.04. The third kappa shape index (κ3) is 11.0. The first-order chi connectivity index (χ1) is 13.6. The summed E-state index contributed by atoms with van der Waals surface area (Å²) in [5, 5.41) is 2.71. The largest absolute Gasteiger partial charge is 0.479 e. The molecule has 0 saturated heterocycles. The van der Waals surface area contributed by atoms with Crippen LogP contribution in [-0.2, 0) is 14.3 Å². The summed E-state index contributed by atoms with van der Waals surface area (Å²) in [6.07, 6.45) is 12.6. The summed E-state index contributed by atoms with van der Waals surface area (Å²) < 4.78 is 10.7. The van der Waals surface area contributed by atoms with E-state index < -0.39 is 6.10 Å². The maximum absolute atomic E-state index is 12.0. The minimum atomic E-state index is -0.592. The topological polar surface area (TPSA) is 64.6 Å². The van der Waals surface area contributed by atoms with E-state index in [4.69, 9.17) is 9.47 Å². The smallest absolute Gasteiger partial charge is 0.347 e. The second-order valence-corrected chi connectivity index (χ2v) is 7.31. The Morgan fingerprint density at radius 2 is 1.43 bits per heavy atom. The third-order valence-corrected chi connectivity index (χ3v) is 4.74. The summed E-state index contributed by atoms with van der Waals surface area (Å²) in [5.74, 6) is 0.125. The van der Waals surface area contributed by atoms with Gasteiger partial charge in [0.1, 0.15) is 5.75 Å². The number of methoxy groups -OCH3 is 1. The van der Waals surface area contributed by atoms with Gasteiger partial charge in [0.25, 0.3) is 0 Å². The SMILES string of the molecule is CCCCCCCCCCCCC(Oc1ccc(NC(C)=O)cc1)C(=O)OC. The predicted octanol–water partition coefficient (Wildman–Crippen LogP) is 5.88. The fourth-order valence-corrected chi connectivity index (χ4v) is 3.16. The van der Waals surface area contributed by atoms with Gasteiger partial charge >= 0.3 is 5.97 Å². The van der Waals surface area contributed by atoms with E-state index in [1.54, 1.807) is 24.3 Å². The molecule has 0 saturated carbocycles. The summed E-state index contributed by atoms with van der Waals surface area (Å²) in [7, 11) is 1.39. The maximum atomic E-state index is 12.0. The van der Waals surface area contributed by atoms with Gasteiger partial charge in [-0.2, -0.15) is 0 Å². The Morgan fingerprint density at radius 1 is 0.893 bits per heavy atom. The van der Waals surface area contributed by atoms with Crippen LogP contribution in [0.2, 0.25) is 0 Å². The van der Waals surface area contributed by atoms with E-state index in [1.807, 2.05) is 0 Å². The number of nitrogens with one attached hydrogen (secondary N) is 1. The van der Waals surface area contributed by atoms with Gasteiger partial charge in [-0.05, 0) is 37.1 Å². The van der Waals surface area contributed by atoms with E-state index in [9.17, 15) is 9.59 Å². The number of rotatable bonds is 15. The molecule has 158 valence electrons. The Labute approximate surface area is 170 Å². The van der Waals surface area contributed by atoms with Crippen molar-refractivity contribution in [2.75, 3.05) is 12.4 Å². The van der Waals surface area contributed by atoms with Crippen LogP contribution in [0.4, 0.5) is 5.69 Å². The molecular weight excluding hydrogens is 354 g/mol. The zero-order chi connectivity index (χ0) is 20.6. The standard InChI is InChI=1S/C23H37NO4/c1-4-5-6-7-8-9-10-11-12-13-14-22(23(26)27-3)28-21-17-15-20(16-18-21)24-19(2)25/h15-18,22H,4-14H2,1-3H3,(H,24,25). The van der Waals surface area contributed by atoms with E-state index in [-0.39, 0.29) is 11.9 Å². The van der Waals surface area contributed by atoms with Crippen LogP contribution in [0, 0.1) is 0 Å². The van der Waals surface area contributed by atoms with E-state index >= 15 is 0 Å².